The molecule has 1 N–H and O–H groups in total. The van der Waals surface area contributed by atoms with Crippen LogP contribution in [-0.2, 0) is 6.42 Å². The van der Waals surface area contributed by atoms with Gasteiger partial charge in [-0.15, -0.1) is 0 Å². The SMILES string of the molecule is C.C.C.C.C.CC(C)N1CC=CC1.CC(C)N1CCC(O)C1.CC(C)N1CCC2=C(Cc3ccccc32)C1.CC(C)N1CCCC1.CC(C)N1CCCC1C.CC(C)N1CCCCC1. The van der Waals surface area contributed by atoms with E-state index in [4.69, 9.17) is 5.11 Å². The van der Waals surface area contributed by atoms with Crippen molar-refractivity contribution < 1.29 is 5.11 Å². The van der Waals surface area contributed by atoms with Crippen LogP contribution in [0.1, 0.15) is 196 Å². The number of β-amino-alcohol motifs (C(OH)–C–C–N with tert-alkyl or cyclic N) is 1. The van der Waals surface area contributed by atoms with Gasteiger partial charge in [0.2, 0.25) is 0 Å². The van der Waals surface area contributed by atoms with E-state index in [9.17, 15) is 0 Å². The van der Waals surface area contributed by atoms with Crippen LogP contribution in [0.3, 0.4) is 0 Å². The van der Waals surface area contributed by atoms with Gasteiger partial charge in [-0.05, 0) is 203 Å². The summed E-state index contributed by atoms with van der Waals surface area (Å²) < 4.78 is 0. The highest BCUT2D eigenvalue weighted by molar-refractivity contribution is 5.77. The molecule has 7 aliphatic rings. The number of aliphatic hydroxyl groups is 1. The van der Waals surface area contributed by atoms with Crippen LogP contribution in [0.2, 0.25) is 0 Å². The number of rotatable bonds is 6. The quantitative estimate of drug-likeness (QED) is 0.285. The number of likely N-dealkylation sites (tertiary alicyclic amines) is 4. The van der Waals surface area contributed by atoms with E-state index in [1.54, 1.807) is 11.1 Å². The molecule has 0 amide bonds. The van der Waals surface area contributed by atoms with E-state index in [0.29, 0.717) is 18.1 Å². The first-order valence-corrected chi connectivity index (χ1v) is 24.7. The van der Waals surface area contributed by atoms with Crippen molar-refractivity contribution in [2.75, 3.05) is 72.0 Å². The molecule has 7 nitrogen and oxygen atoms in total. The van der Waals surface area contributed by atoms with E-state index < -0.39 is 0 Å². The van der Waals surface area contributed by atoms with Crippen molar-refractivity contribution in [1.29, 1.82) is 0 Å². The van der Waals surface area contributed by atoms with Crippen molar-refractivity contribution in [3.63, 3.8) is 0 Å². The summed E-state index contributed by atoms with van der Waals surface area (Å²) in [6, 6.07) is 14.0. The Bertz CT molecular complexity index is 1300. The summed E-state index contributed by atoms with van der Waals surface area (Å²) in [5.41, 5.74) is 6.38. The van der Waals surface area contributed by atoms with E-state index in [1.165, 1.54) is 115 Å². The van der Waals surface area contributed by atoms with Crippen molar-refractivity contribution >= 4 is 5.57 Å². The molecule has 380 valence electrons. The fourth-order valence-electron chi connectivity index (χ4n) is 9.55. The molecule has 0 radical (unpaired) electrons. The molecule has 6 heterocycles. The zero-order valence-corrected chi connectivity index (χ0v) is 41.1. The van der Waals surface area contributed by atoms with Crippen LogP contribution in [0.5, 0.6) is 0 Å². The number of fused-ring (bicyclic) bond motifs is 2. The largest absolute Gasteiger partial charge is 0.392 e. The van der Waals surface area contributed by atoms with Crippen LogP contribution >= 0.6 is 0 Å². The fraction of sp³-hybridized carbons (Fsp3) is 0.825. The van der Waals surface area contributed by atoms with Gasteiger partial charge in [-0.2, -0.15) is 0 Å². The van der Waals surface area contributed by atoms with E-state index in [0.717, 1.165) is 56.8 Å². The highest BCUT2D eigenvalue weighted by Gasteiger charge is 2.27. The van der Waals surface area contributed by atoms with Crippen LogP contribution in [0.25, 0.3) is 5.57 Å². The lowest BCUT2D eigenvalue weighted by Crippen LogP contribution is -2.36. The zero-order valence-electron chi connectivity index (χ0n) is 41.1. The molecule has 0 saturated carbocycles. The molecule has 2 unspecified atom stereocenters. The van der Waals surface area contributed by atoms with Gasteiger partial charge in [0.15, 0.2) is 0 Å². The molecule has 1 aliphatic carbocycles. The van der Waals surface area contributed by atoms with E-state index >= 15 is 0 Å². The predicted molar refractivity (Wildman–Crippen MR) is 292 cm³/mol. The Morgan fingerprint density at radius 1 is 0.500 bits per heavy atom. The first-order chi connectivity index (χ1) is 28.1. The second-order valence-electron chi connectivity index (χ2n) is 20.1. The highest BCUT2D eigenvalue weighted by atomic mass is 16.3. The first-order valence-electron chi connectivity index (χ1n) is 24.7. The van der Waals surface area contributed by atoms with Crippen molar-refractivity contribution in [2.24, 2.45) is 0 Å². The molecule has 4 fully saturated rings. The minimum absolute atomic E-state index is 0. The van der Waals surface area contributed by atoms with Crippen molar-refractivity contribution in [3.05, 3.63) is 53.1 Å². The van der Waals surface area contributed by atoms with Gasteiger partial charge in [0.05, 0.1) is 6.10 Å². The lowest BCUT2D eigenvalue weighted by molar-refractivity contribution is 0.166. The normalized spacial score (nSPS) is 22.2. The average Bonchev–Trinajstić information content (AvgIpc) is 4.07. The molecular weight excluding hydrogens is 785 g/mol. The molecule has 0 bridgehead atoms. The van der Waals surface area contributed by atoms with Gasteiger partial charge >= 0.3 is 0 Å². The number of nitrogens with zero attached hydrogens (tertiary/aromatic N) is 6. The van der Waals surface area contributed by atoms with E-state index in [1.807, 2.05) is 0 Å². The van der Waals surface area contributed by atoms with Crippen LogP contribution in [0.15, 0.2) is 42.0 Å². The Labute approximate surface area is 403 Å². The Kier molecular flexibility index (Phi) is 37.0. The van der Waals surface area contributed by atoms with Crippen molar-refractivity contribution in [3.8, 4) is 0 Å². The Balaban J connectivity index is -0.000000702. The third kappa shape index (κ3) is 23.4. The molecule has 64 heavy (non-hydrogen) atoms. The zero-order chi connectivity index (χ0) is 43.5. The minimum atomic E-state index is -0.0626. The molecule has 7 heteroatoms. The van der Waals surface area contributed by atoms with Gasteiger partial charge in [0, 0.05) is 81.6 Å². The van der Waals surface area contributed by atoms with Gasteiger partial charge in [0.25, 0.3) is 0 Å². The van der Waals surface area contributed by atoms with E-state index in [2.05, 4.69) is 156 Å². The fourth-order valence-corrected chi connectivity index (χ4v) is 9.55. The summed E-state index contributed by atoms with van der Waals surface area (Å²) in [4.78, 5) is 15.0. The Morgan fingerprint density at radius 2 is 0.984 bits per heavy atom. The second-order valence-corrected chi connectivity index (χ2v) is 20.1. The van der Waals surface area contributed by atoms with Crippen LogP contribution in [0, 0.1) is 0 Å². The summed E-state index contributed by atoms with van der Waals surface area (Å²) in [7, 11) is 0. The molecule has 0 spiro atoms. The number of hydrogen-bond acceptors (Lipinski definition) is 7. The maximum absolute atomic E-state index is 9.11. The standard InChI is InChI=1S/C15H19N.2C8H17N.C7H15NO.C7H15N.C7H13N.5CH4/c1-11(2)16-8-7-15-13(10-16)9-12-5-3-4-6-14(12)15;1-7(2)9-6-4-5-8(9)3;1-8(2)9-6-4-3-5-7-9;1-6(2)8-4-3-7(9)5-8;2*1-7(2)8-5-3-4-6-8;;;;;/h3-6,11H,7-10H2,1-2H3;7-8H,4-6H2,1-3H3;8H,3-7H2,1-2H3;6-7,9H,3-5H2,1-2H3;7H,3-6H2,1-2H3;3-4,7H,5-6H2,1-2H3;5*1H4. The summed E-state index contributed by atoms with van der Waals surface area (Å²) in [6.45, 7) is 42.7. The monoisotopic (exact) mass is 901 g/mol. The molecule has 1 aromatic carbocycles. The third-order valence-corrected chi connectivity index (χ3v) is 13.7. The third-order valence-electron chi connectivity index (χ3n) is 13.7. The number of aliphatic hydroxyl groups excluding tert-OH is 1. The van der Waals surface area contributed by atoms with Crippen LogP contribution < -0.4 is 0 Å². The summed E-state index contributed by atoms with van der Waals surface area (Å²) >= 11 is 0. The molecule has 8 rings (SSSR count). The number of benzene rings is 1. The average molecular weight is 902 g/mol. The minimum Gasteiger partial charge on any atom is -0.392 e. The van der Waals surface area contributed by atoms with Gasteiger partial charge in [-0.1, -0.05) is 80.0 Å². The first kappa shape index (κ1) is 66.7. The maximum Gasteiger partial charge on any atom is 0.0679 e. The van der Waals surface area contributed by atoms with Gasteiger partial charge in [0.1, 0.15) is 0 Å². The van der Waals surface area contributed by atoms with Gasteiger partial charge in [-0.25, -0.2) is 0 Å². The number of piperidine rings is 1. The smallest absolute Gasteiger partial charge is 0.0679 e. The molecule has 1 aromatic rings. The predicted octanol–water partition coefficient (Wildman–Crippen LogP) is 13.3. The Hall–Kier alpha value is -1.58. The molecule has 0 aromatic heterocycles. The Morgan fingerprint density at radius 3 is 1.34 bits per heavy atom. The lowest BCUT2D eigenvalue weighted by atomic mass is 9.98. The van der Waals surface area contributed by atoms with Crippen molar-refractivity contribution in [2.45, 2.75) is 240 Å². The summed E-state index contributed by atoms with van der Waals surface area (Å²) in [6.07, 6.45) is 17.7. The van der Waals surface area contributed by atoms with Crippen molar-refractivity contribution in [1.82, 2.24) is 29.4 Å². The van der Waals surface area contributed by atoms with Gasteiger partial charge in [-0.3, -0.25) is 19.6 Å². The van der Waals surface area contributed by atoms with Crippen LogP contribution in [-0.4, -0.2) is 155 Å². The summed E-state index contributed by atoms with van der Waals surface area (Å²) in [5.74, 6) is 0. The highest BCUT2D eigenvalue weighted by Crippen LogP contribution is 2.38. The molecule has 2 atom stereocenters. The van der Waals surface area contributed by atoms with Gasteiger partial charge < -0.3 is 14.9 Å². The molecule has 4 saturated heterocycles. The number of hydrogen-bond donors (Lipinski definition) is 1. The maximum atomic E-state index is 9.11. The molecule has 6 aliphatic heterocycles. The molecular formula is C57H116N6O. The topological polar surface area (TPSA) is 39.7 Å². The summed E-state index contributed by atoms with van der Waals surface area (Å²) in [5, 5.41) is 9.11. The second kappa shape index (κ2) is 35.5. The lowest BCUT2D eigenvalue weighted by Gasteiger charge is -2.31. The van der Waals surface area contributed by atoms with Crippen LogP contribution in [0.4, 0.5) is 0 Å². The van der Waals surface area contributed by atoms with E-state index in [-0.39, 0.29) is 43.2 Å².